The molecule has 0 fully saturated rings. The Labute approximate surface area is 118 Å². The Morgan fingerprint density at radius 3 is 2.30 bits per heavy atom. The van der Waals surface area contributed by atoms with Crippen molar-refractivity contribution in [3.8, 4) is 0 Å². The van der Waals surface area contributed by atoms with Gasteiger partial charge in [-0.2, -0.15) is 0 Å². The number of hydrogen-bond donors (Lipinski definition) is 3. The zero-order valence-electron chi connectivity index (χ0n) is 11.9. The summed E-state index contributed by atoms with van der Waals surface area (Å²) in [6, 6.07) is 7.13. The molecule has 0 aliphatic carbocycles. The number of carbonyl (C=O) groups is 2. The Morgan fingerprint density at radius 1 is 1.20 bits per heavy atom. The summed E-state index contributed by atoms with van der Waals surface area (Å²) in [6.45, 7) is 5.63. The fraction of sp³-hybridized carbons (Fsp3) is 0.429. The number of amides is 1. The van der Waals surface area contributed by atoms with Gasteiger partial charge in [0.05, 0.1) is 0 Å². The van der Waals surface area contributed by atoms with Crippen molar-refractivity contribution in [2.24, 2.45) is 0 Å². The Bertz CT molecular complexity index is 463. The number of carboxylic acids is 1. The molecule has 0 spiro atoms. The van der Waals surface area contributed by atoms with Crippen LogP contribution in [0.3, 0.4) is 0 Å². The lowest BCUT2D eigenvalue weighted by Crippen LogP contribution is -2.32. The Hall–Kier alpha value is -2.24. The van der Waals surface area contributed by atoms with E-state index in [1.54, 1.807) is 32.9 Å². The second kappa shape index (κ2) is 6.79. The van der Waals surface area contributed by atoms with E-state index in [2.05, 4.69) is 10.6 Å². The van der Waals surface area contributed by atoms with E-state index in [9.17, 15) is 9.59 Å². The Morgan fingerprint density at radius 2 is 1.80 bits per heavy atom. The van der Waals surface area contributed by atoms with Gasteiger partial charge in [0.25, 0.3) is 0 Å². The van der Waals surface area contributed by atoms with Crippen LogP contribution in [0, 0.1) is 0 Å². The SMILES string of the molecule is CC(C)(C)OC(=O)NCc1ccc(NCC(=O)O)cc1. The van der Waals surface area contributed by atoms with E-state index < -0.39 is 17.7 Å². The molecule has 0 saturated carbocycles. The summed E-state index contributed by atoms with van der Waals surface area (Å²) in [4.78, 5) is 21.9. The monoisotopic (exact) mass is 280 g/mol. The first-order valence-corrected chi connectivity index (χ1v) is 6.28. The van der Waals surface area contributed by atoms with Crippen LogP contribution in [0.25, 0.3) is 0 Å². The summed E-state index contributed by atoms with van der Waals surface area (Å²) in [5.41, 5.74) is 1.10. The van der Waals surface area contributed by atoms with E-state index in [1.807, 2.05) is 12.1 Å². The average Bonchev–Trinajstić information content (AvgIpc) is 2.33. The summed E-state index contributed by atoms with van der Waals surface area (Å²) in [5, 5.41) is 13.9. The predicted octanol–water partition coefficient (Wildman–Crippen LogP) is 2.21. The van der Waals surface area contributed by atoms with Crippen molar-refractivity contribution >= 4 is 17.7 Å². The number of benzene rings is 1. The fourth-order valence-electron chi connectivity index (χ4n) is 1.41. The molecule has 1 rings (SSSR count). The first kappa shape index (κ1) is 15.8. The third-order valence-corrected chi connectivity index (χ3v) is 2.23. The molecule has 1 aromatic carbocycles. The minimum atomic E-state index is -0.916. The molecule has 0 heterocycles. The number of rotatable bonds is 5. The summed E-state index contributed by atoms with van der Waals surface area (Å²) in [5.74, 6) is -0.916. The lowest BCUT2D eigenvalue weighted by Gasteiger charge is -2.19. The topological polar surface area (TPSA) is 87.7 Å². The van der Waals surface area contributed by atoms with Crippen molar-refractivity contribution in [2.45, 2.75) is 32.9 Å². The van der Waals surface area contributed by atoms with Crippen molar-refractivity contribution < 1.29 is 19.4 Å². The Kier molecular flexibility index (Phi) is 5.37. The maximum atomic E-state index is 11.5. The molecule has 0 aliphatic rings. The molecule has 0 aromatic heterocycles. The van der Waals surface area contributed by atoms with Crippen molar-refractivity contribution in [3.63, 3.8) is 0 Å². The largest absolute Gasteiger partial charge is 0.480 e. The number of carbonyl (C=O) groups excluding carboxylic acids is 1. The van der Waals surface area contributed by atoms with Crippen molar-refractivity contribution in [1.29, 1.82) is 0 Å². The second-order valence-electron chi connectivity index (χ2n) is 5.30. The molecule has 3 N–H and O–H groups in total. The van der Waals surface area contributed by atoms with Crippen molar-refractivity contribution in [3.05, 3.63) is 29.8 Å². The van der Waals surface area contributed by atoms with Gasteiger partial charge < -0.3 is 20.5 Å². The van der Waals surface area contributed by atoms with Gasteiger partial charge in [0, 0.05) is 12.2 Å². The molecule has 6 nitrogen and oxygen atoms in total. The quantitative estimate of drug-likeness (QED) is 0.769. The Balaban J connectivity index is 2.42. The number of nitrogens with one attached hydrogen (secondary N) is 2. The van der Waals surface area contributed by atoms with Gasteiger partial charge >= 0.3 is 12.1 Å². The van der Waals surface area contributed by atoms with E-state index in [-0.39, 0.29) is 6.54 Å². The van der Waals surface area contributed by atoms with Gasteiger partial charge in [-0.05, 0) is 38.5 Å². The first-order valence-electron chi connectivity index (χ1n) is 6.28. The lowest BCUT2D eigenvalue weighted by molar-refractivity contribution is -0.134. The number of aliphatic carboxylic acids is 1. The molecule has 0 unspecified atom stereocenters. The molecule has 110 valence electrons. The first-order chi connectivity index (χ1) is 9.26. The highest BCUT2D eigenvalue weighted by Gasteiger charge is 2.15. The van der Waals surface area contributed by atoms with Gasteiger partial charge in [0.2, 0.25) is 0 Å². The number of carboxylic acid groups (broad SMARTS) is 1. The molecular weight excluding hydrogens is 260 g/mol. The average molecular weight is 280 g/mol. The zero-order chi connectivity index (χ0) is 15.2. The van der Waals surface area contributed by atoms with Gasteiger partial charge in [0.1, 0.15) is 12.1 Å². The van der Waals surface area contributed by atoms with E-state index >= 15 is 0 Å². The van der Waals surface area contributed by atoms with Gasteiger partial charge in [-0.3, -0.25) is 4.79 Å². The maximum Gasteiger partial charge on any atom is 0.407 e. The molecule has 0 saturated heterocycles. The standard InChI is InChI=1S/C14H20N2O4/c1-14(2,3)20-13(19)16-8-10-4-6-11(7-5-10)15-9-12(17)18/h4-7,15H,8-9H2,1-3H3,(H,16,19)(H,17,18). The van der Waals surface area contributed by atoms with E-state index in [1.165, 1.54) is 0 Å². The summed E-state index contributed by atoms with van der Waals surface area (Å²) in [6.07, 6.45) is -0.467. The van der Waals surface area contributed by atoms with Gasteiger partial charge in [-0.15, -0.1) is 0 Å². The van der Waals surface area contributed by atoms with Crippen LogP contribution in [-0.2, 0) is 16.1 Å². The zero-order valence-corrected chi connectivity index (χ0v) is 11.9. The van der Waals surface area contributed by atoms with Crippen LogP contribution in [0.1, 0.15) is 26.3 Å². The molecule has 0 aliphatic heterocycles. The van der Waals surface area contributed by atoms with Crippen LogP contribution in [0.15, 0.2) is 24.3 Å². The van der Waals surface area contributed by atoms with E-state index in [4.69, 9.17) is 9.84 Å². The lowest BCUT2D eigenvalue weighted by atomic mass is 10.2. The number of ether oxygens (including phenoxy) is 1. The second-order valence-corrected chi connectivity index (χ2v) is 5.30. The molecule has 0 radical (unpaired) electrons. The van der Waals surface area contributed by atoms with Crippen LogP contribution >= 0.6 is 0 Å². The fourth-order valence-corrected chi connectivity index (χ4v) is 1.41. The number of hydrogen-bond acceptors (Lipinski definition) is 4. The smallest absolute Gasteiger partial charge is 0.407 e. The minimum absolute atomic E-state index is 0.129. The van der Waals surface area contributed by atoms with E-state index in [0.29, 0.717) is 12.2 Å². The highest BCUT2D eigenvalue weighted by atomic mass is 16.6. The molecule has 6 heteroatoms. The molecule has 0 atom stereocenters. The van der Waals surface area contributed by atoms with Gasteiger partial charge in [-0.25, -0.2) is 4.79 Å². The number of anilines is 1. The molecular formula is C14H20N2O4. The van der Waals surface area contributed by atoms with Crippen LogP contribution in [-0.4, -0.2) is 29.3 Å². The third kappa shape index (κ3) is 6.63. The van der Waals surface area contributed by atoms with E-state index in [0.717, 1.165) is 5.56 Å². The van der Waals surface area contributed by atoms with Crippen LogP contribution in [0.4, 0.5) is 10.5 Å². The summed E-state index contributed by atoms with van der Waals surface area (Å²) in [7, 11) is 0. The maximum absolute atomic E-state index is 11.5. The highest BCUT2D eigenvalue weighted by molar-refractivity contribution is 5.72. The number of alkyl carbamates (subject to hydrolysis) is 1. The van der Waals surface area contributed by atoms with Crippen LogP contribution in [0.5, 0.6) is 0 Å². The minimum Gasteiger partial charge on any atom is -0.480 e. The third-order valence-electron chi connectivity index (χ3n) is 2.23. The van der Waals surface area contributed by atoms with Gasteiger partial charge in [0.15, 0.2) is 0 Å². The normalized spacial score (nSPS) is 10.8. The molecule has 1 aromatic rings. The predicted molar refractivity (Wildman–Crippen MR) is 75.6 cm³/mol. The van der Waals surface area contributed by atoms with Crippen molar-refractivity contribution in [1.82, 2.24) is 5.32 Å². The molecule has 0 bridgehead atoms. The van der Waals surface area contributed by atoms with Crippen LogP contribution < -0.4 is 10.6 Å². The summed E-state index contributed by atoms with van der Waals surface area (Å²) < 4.78 is 5.12. The van der Waals surface area contributed by atoms with Crippen molar-refractivity contribution in [2.75, 3.05) is 11.9 Å². The molecule has 20 heavy (non-hydrogen) atoms. The molecule has 1 amide bonds. The van der Waals surface area contributed by atoms with Gasteiger partial charge in [-0.1, -0.05) is 12.1 Å². The van der Waals surface area contributed by atoms with Crippen LogP contribution in [0.2, 0.25) is 0 Å². The summed E-state index contributed by atoms with van der Waals surface area (Å²) >= 11 is 0. The highest BCUT2D eigenvalue weighted by Crippen LogP contribution is 2.10.